The van der Waals surface area contributed by atoms with E-state index in [1.807, 2.05) is 0 Å². The second-order valence-electron chi connectivity index (χ2n) is 5.47. The molecule has 0 aliphatic heterocycles. The highest BCUT2D eigenvalue weighted by Crippen LogP contribution is 2.00. The molecule has 0 heterocycles. The lowest BCUT2D eigenvalue weighted by Gasteiger charge is -2.08. The third-order valence-electron chi connectivity index (χ3n) is 3.12. The Kier molecular flexibility index (Phi) is 19.2. The molecule has 0 N–H and O–H groups in total. The molecule has 0 aromatic carbocycles. The van der Waals surface area contributed by atoms with E-state index in [0.29, 0.717) is 59.3 Å². The average molecular weight is 378 g/mol. The lowest BCUT2D eigenvalue weighted by molar-refractivity contribution is -0.145. The van der Waals surface area contributed by atoms with Crippen LogP contribution in [0.3, 0.4) is 0 Å². The van der Waals surface area contributed by atoms with Crippen molar-refractivity contribution in [3.63, 3.8) is 0 Å². The van der Waals surface area contributed by atoms with Gasteiger partial charge >= 0.3 is 11.9 Å². The van der Waals surface area contributed by atoms with E-state index in [0.717, 1.165) is 19.3 Å². The van der Waals surface area contributed by atoms with Gasteiger partial charge in [-0.05, 0) is 6.42 Å². The average Bonchev–Trinajstić information content (AvgIpc) is 2.61. The Bertz CT molecular complexity index is 335. The lowest BCUT2D eigenvalue weighted by atomic mass is 10.2. The molecule has 8 heteroatoms. The van der Waals surface area contributed by atoms with Crippen molar-refractivity contribution >= 4 is 11.9 Å². The van der Waals surface area contributed by atoms with E-state index in [2.05, 4.69) is 6.92 Å². The van der Waals surface area contributed by atoms with Crippen molar-refractivity contribution in [1.29, 1.82) is 0 Å². The van der Waals surface area contributed by atoms with Gasteiger partial charge < -0.3 is 28.4 Å². The quantitative estimate of drug-likeness (QED) is 0.248. The molecule has 0 atom stereocenters. The van der Waals surface area contributed by atoms with Crippen LogP contribution in [-0.2, 0) is 38.0 Å². The molecule has 0 saturated heterocycles. The minimum atomic E-state index is -0.311. The molecule has 0 spiro atoms. The van der Waals surface area contributed by atoms with Crippen LogP contribution >= 0.6 is 0 Å². The molecule has 0 fully saturated rings. The molecule has 0 amide bonds. The van der Waals surface area contributed by atoms with Crippen molar-refractivity contribution in [2.24, 2.45) is 0 Å². The van der Waals surface area contributed by atoms with Crippen LogP contribution in [-0.4, -0.2) is 78.0 Å². The van der Waals surface area contributed by atoms with Gasteiger partial charge in [-0.25, -0.2) is 0 Å². The summed E-state index contributed by atoms with van der Waals surface area (Å²) in [6.45, 7) is 7.52. The van der Waals surface area contributed by atoms with Crippen LogP contribution in [0.15, 0.2) is 0 Å². The molecule has 0 aliphatic rings. The molecule has 0 aromatic rings. The van der Waals surface area contributed by atoms with Crippen LogP contribution in [0, 0.1) is 0 Å². The fourth-order valence-electron chi connectivity index (χ4n) is 1.81. The number of esters is 2. The van der Waals surface area contributed by atoms with E-state index in [1.165, 1.54) is 6.92 Å². The maximum Gasteiger partial charge on any atom is 0.305 e. The third-order valence-corrected chi connectivity index (χ3v) is 3.12. The molecule has 0 radical (unpaired) electrons. The van der Waals surface area contributed by atoms with Crippen LogP contribution < -0.4 is 0 Å². The maximum atomic E-state index is 11.3. The summed E-state index contributed by atoms with van der Waals surface area (Å²) < 4.78 is 30.9. The highest BCUT2D eigenvalue weighted by molar-refractivity contribution is 5.69. The summed E-state index contributed by atoms with van der Waals surface area (Å²) in [4.78, 5) is 21.8. The topological polar surface area (TPSA) is 89.5 Å². The summed E-state index contributed by atoms with van der Waals surface area (Å²) in [7, 11) is 0. The summed E-state index contributed by atoms with van der Waals surface area (Å²) >= 11 is 0. The van der Waals surface area contributed by atoms with E-state index in [9.17, 15) is 9.59 Å². The van der Waals surface area contributed by atoms with Gasteiger partial charge in [-0.3, -0.25) is 9.59 Å². The van der Waals surface area contributed by atoms with Gasteiger partial charge in [-0.15, -0.1) is 0 Å². The Morgan fingerprint density at radius 1 is 0.615 bits per heavy atom. The predicted octanol–water partition coefficient (Wildman–Crippen LogP) is 1.74. The Morgan fingerprint density at radius 2 is 1.04 bits per heavy atom. The molecule has 0 saturated carbocycles. The Hall–Kier alpha value is -1.22. The van der Waals surface area contributed by atoms with Crippen LogP contribution in [0.1, 0.15) is 39.5 Å². The molecule has 0 aliphatic carbocycles. The van der Waals surface area contributed by atoms with Crippen molar-refractivity contribution in [3.05, 3.63) is 0 Å². The van der Waals surface area contributed by atoms with Crippen molar-refractivity contribution in [2.45, 2.75) is 39.5 Å². The number of hydrogen-bond donors (Lipinski definition) is 0. The van der Waals surface area contributed by atoms with Gasteiger partial charge in [0.15, 0.2) is 0 Å². The monoisotopic (exact) mass is 378 g/mol. The van der Waals surface area contributed by atoms with Gasteiger partial charge in [0.2, 0.25) is 0 Å². The zero-order valence-electron chi connectivity index (χ0n) is 16.2. The second kappa shape index (κ2) is 20.1. The second-order valence-corrected chi connectivity index (χ2v) is 5.47. The summed E-state index contributed by atoms with van der Waals surface area (Å²) in [5.74, 6) is -0.472. The standard InChI is InChI=1S/C18H34O8/c1-3-4-5-6-18(20)26-16-14-24-12-10-22-8-7-21-9-11-23-13-15-25-17(2)19/h3-16H2,1-2H3. The molecule has 0 unspecified atom stereocenters. The van der Waals surface area contributed by atoms with Crippen molar-refractivity contribution in [1.82, 2.24) is 0 Å². The van der Waals surface area contributed by atoms with E-state index in [4.69, 9.17) is 28.4 Å². The van der Waals surface area contributed by atoms with Gasteiger partial charge in [0.25, 0.3) is 0 Å². The molecule has 154 valence electrons. The van der Waals surface area contributed by atoms with Crippen LogP contribution in [0.4, 0.5) is 0 Å². The summed E-state index contributed by atoms with van der Waals surface area (Å²) in [6, 6.07) is 0. The lowest BCUT2D eigenvalue weighted by Crippen LogP contribution is -2.15. The Labute approximate surface area is 156 Å². The summed E-state index contributed by atoms with van der Waals surface area (Å²) in [5.41, 5.74) is 0. The third kappa shape index (κ3) is 20.8. The van der Waals surface area contributed by atoms with Gasteiger partial charge in [-0.1, -0.05) is 19.8 Å². The highest BCUT2D eigenvalue weighted by Gasteiger charge is 2.01. The van der Waals surface area contributed by atoms with Crippen molar-refractivity contribution in [3.8, 4) is 0 Å². The first kappa shape index (κ1) is 24.8. The highest BCUT2D eigenvalue weighted by atomic mass is 16.6. The number of unbranched alkanes of at least 4 members (excludes halogenated alkanes) is 2. The van der Waals surface area contributed by atoms with Gasteiger partial charge in [-0.2, -0.15) is 0 Å². The number of carbonyl (C=O) groups is 2. The Morgan fingerprint density at radius 3 is 1.46 bits per heavy atom. The normalized spacial score (nSPS) is 10.7. The maximum absolute atomic E-state index is 11.3. The minimum absolute atomic E-state index is 0.161. The zero-order chi connectivity index (χ0) is 19.3. The van der Waals surface area contributed by atoms with Gasteiger partial charge in [0.1, 0.15) is 13.2 Å². The molecule has 0 rings (SSSR count). The largest absolute Gasteiger partial charge is 0.463 e. The molecular weight excluding hydrogens is 344 g/mol. The predicted molar refractivity (Wildman–Crippen MR) is 95.0 cm³/mol. The first-order valence-electron chi connectivity index (χ1n) is 9.26. The van der Waals surface area contributed by atoms with E-state index < -0.39 is 0 Å². The fraction of sp³-hybridized carbons (Fsp3) is 0.889. The number of ether oxygens (including phenoxy) is 6. The molecule has 0 bridgehead atoms. The Balaban J connectivity index is 3.09. The van der Waals surface area contributed by atoms with E-state index in [-0.39, 0.29) is 25.2 Å². The summed E-state index contributed by atoms with van der Waals surface area (Å²) in [6.07, 6.45) is 3.50. The first-order valence-corrected chi connectivity index (χ1v) is 9.26. The van der Waals surface area contributed by atoms with Gasteiger partial charge in [0.05, 0.1) is 52.9 Å². The number of carbonyl (C=O) groups excluding carboxylic acids is 2. The van der Waals surface area contributed by atoms with E-state index in [1.54, 1.807) is 0 Å². The first-order chi connectivity index (χ1) is 12.7. The SMILES string of the molecule is CCCCCC(=O)OCCOCCOCCOCCOCCOC(C)=O. The number of hydrogen-bond acceptors (Lipinski definition) is 8. The zero-order valence-corrected chi connectivity index (χ0v) is 16.2. The van der Waals surface area contributed by atoms with Crippen LogP contribution in [0.25, 0.3) is 0 Å². The van der Waals surface area contributed by atoms with Crippen LogP contribution in [0.2, 0.25) is 0 Å². The van der Waals surface area contributed by atoms with Gasteiger partial charge in [0, 0.05) is 13.3 Å². The minimum Gasteiger partial charge on any atom is -0.463 e. The van der Waals surface area contributed by atoms with Crippen LogP contribution in [0.5, 0.6) is 0 Å². The van der Waals surface area contributed by atoms with E-state index >= 15 is 0 Å². The molecule has 26 heavy (non-hydrogen) atoms. The van der Waals surface area contributed by atoms with Crippen molar-refractivity contribution in [2.75, 3.05) is 66.1 Å². The number of rotatable bonds is 19. The molecule has 0 aromatic heterocycles. The summed E-state index contributed by atoms with van der Waals surface area (Å²) in [5, 5.41) is 0. The van der Waals surface area contributed by atoms with Crippen molar-refractivity contribution < 1.29 is 38.0 Å². The fourth-order valence-corrected chi connectivity index (χ4v) is 1.81. The molecular formula is C18H34O8. The smallest absolute Gasteiger partial charge is 0.305 e. The molecule has 8 nitrogen and oxygen atoms in total.